The van der Waals surface area contributed by atoms with E-state index in [0.29, 0.717) is 18.3 Å². The summed E-state index contributed by atoms with van der Waals surface area (Å²) in [6.07, 6.45) is 5.38. The highest BCUT2D eigenvalue weighted by molar-refractivity contribution is 5.79. The first-order chi connectivity index (χ1) is 14.4. The Kier molecular flexibility index (Phi) is 7.36. The topological polar surface area (TPSA) is 38.3 Å². The number of carbonyl (C=O) groups is 1. The Morgan fingerprint density at radius 1 is 1.13 bits per heavy atom. The Labute approximate surface area is 181 Å². The van der Waals surface area contributed by atoms with Crippen LogP contribution in [0, 0.1) is 11.8 Å². The molecule has 0 radical (unpaired) electrons. The molecule has 0 aliphatic heterocycles. The maximum atomic E-state index is 13.2. The van der Waals surface area contributed by atoms with Crippen LogP contribution in [-0.2, 0) is 14.9 Å². The number of carbonyl (C=O) groups excluding carboxylic acids is 1. The van der Waals surface area contributed by atoms with E-state index in [9.17, 15) is 4.79 Å². The van der Waals surface area contributed by atoms with Crippen molar-refractivity contribution in [2.24, 2.45) is 11.8 Å². The third-order valence-electron chi connectivity index (χ3n) is 6.57. The van der Waals surface area contributed by atoms with Gasteiger partial charge in [0.15, 0.2) is 0 Å². The number of hydrogen-bond donors (Lipinski definition) is 1. The molecule has 1 fully saturated rings. The van der Waals surface area contributed by atoms with Gasteiger partial charge in [-0.15, -0.1) is 6.58 Å². The molecule has 0 spiro atoms. The van der Waals surface area contributed by atoms with Gasteiger partial charge >= 0.3 is 5.97 Å². The van der Waals surface area contributed by atoms with Gasteiger partial charge in [-0.1, -0.05) is 81.8 Å². The van der Waals surface area contributed by atoms with E-state index >= 15 is 0 Å². The van der Waals surface area contributed by atoms with Crippen molar-refractivity contribution in [2.75, 3.05) is 5.32 Å². The number of esters is 1. The summed E-state index contributed by atoms with van der Waals surface area (Å²) in [5, 5.41) is 3.32. The molecule has 160 valence electrons. The molecule has 3 heteroatoms. The summed E-state index contributed by atoms with van der Waals surface area (Å²) in [6, 6.07) is 20.0. The zero-order chi connectivity index (χ0) is 21.6. The van der Waals surface area contributed by atoms with Gasteiger partial charge in [0, 0.05) is 11.6 Å². The summed E-state index contributed by atoms with van der Waals surface area (Å²) in [4.78, 5) is 13.2. The highest BCUT2D eigenvalue weighted by Crippen LogP contribution is 2.43. The molecule has 0 heterocycles. The first-order valence-electron chi connectivity index (χ1n) is 11.1. The standard InChI is InChI=1S/C27H35NO2/c1-5-12-24(28-22-15-10-7-11-16-22)26(29)30-25-19-20(2)17-18-23(25)27(3,4)21-13-8-6-9-14-21/h5-11,13-16,20,23-25,28H,1,12,17-19H2,2-4H3/t20-,23-,24+,25-/m1/s1. The van der Waals surface area contributed by atoms with Crippen molar-refractivity contribution in [2.45, 2.75) is 64.0 Å². The SMILES string of the molecule is C=CC[C@H](Nc1ccccc1)C(=O)O[C@@H]1C[C@H](C)CC[C@H]1C(C)(C)c1ccccc1. The van der Waals surface area contributed by atoms with Gasteiger partial charge in [0.1, 0.15) is 12.1 Å². The Bertz CT molecular complexity index is 815. The van der Waals surface area contributed by atoms with Crippen LogP contribution in [0.5, 0.6) is 0 Å². The van der Waals surface area contributed by atoms with Gasteiger partial charge in [-0.05, 0) is 48.3 Å². The van der Waals surface area contributed by atoms with Gasteiger partial charge in [0.05, 0.1) is 0 Å². The second-order valence-corrected chi connectivity index (χ2v) is 9.18. The summed E-state index contributed by atoms with van der Waals surface area (Å²) < 4.78 is 6.22. The van der Waals surface area contributed by atoms with E-state index in [1.807, 2.05) is 30.3 Å². The van der Waals surface area contributed by atoms with Crippen molar-refractivity contribution in [1.29, 1.82) is 0 Å². The quantitative estimate of drug-likeness (QED) is 0.410. The van der Waals surface area contributed by atoms with Gasteiger partial charge in [-0.25, -0.2) is 4.79 Å². The lowest BCUT2D eigenvalue weighted by Gasteiger charge is -2.44. The van der Waals surface area contributed by atoms with Crippen molar-refractivity contribution in [1.82, 2.24) is 0 Å². The molecule has 2 aromatic rings. The minimum atomic E-state index is -0.428. The number of rotatable bonds is 8. The third-order valence-corrected chi connectivity index (χ3v) is 6.57. The minimum Gasteiger partial charge on any atom is -0.461 e. The number of para-hydroxylation sites is 1. The average molecular weight is 406 g/mol. The summed E-state index contributed by atoms with van der Waals surface area (Å²) >= 11 is 0. The first-order valence-corrected chi connectivity index (χ1v) is 11.1. The Hall–Kier alpha value is -2.55. The van der Waals surface area contributed by atoms with Crippen LogP contribution in [0.25, 0.3) is 0 Å². The maximum Gasteiger partial charge on any atom is 0.329 e. The van der Waals surface area contributed by atoms with Crippen molar-refractivity contribution in [3.8, 4) is 0 Å². The van der Waals surface area contributed by atoms with Crippen molar-refractivity contribution in [3.05, 3.63) is 78.9 Å². The normalized spacial score (nSPS) is 22.7. The molecule has 0 unspecified atom stereocenters. The molecule has 1 saturated carbocycles. The molecule has 1 N–H and O–H groups in total. The van der Waals surface area contributed by atoms with Crippen LogP contribution in [-0.4, -0.2) is 18.1 Å². The lowest BCUT2D eigenvalue weighted by molar-refractivity contribution is -0.157. The molecule has 1 aliphatic carbocycles. The van der Waals surface area contributed by atoms with E-state index in [1.54, 1.807) is 6.08 Å². The largest absolute Gasteiger partial charge is 0.461 e. The van der Waals surface area contributed by atoms with Crippen LogP contribution in [0.4, 0.5) is 5.69 Å². The molecule has 2 aromatic carbocycles. The fourth-order valence-corrected chi connectivity index (χ4v) is 4.71. The second kappa shape index (κ2) is 9.97. The highest BCUT2D eigenvalue weighted by Gasteiger charge is 2.42. The molecular formula is C27H35NO2. The molecule has 3 nitrogen and oxygen atoms in total. The first kappa shape index (κ1) is 22.1. The number of ether oxygens (including phenoxy) is 1. The van der Waals surface area contributed by atoms with E-state index in [4.69, 9.17) is 4.74 Å². The van der Waals surface area contributed by atoms with Gasteiger partial charge in [0.2, 0.25) is 0 Å². The van der Waals surface area contributed by atoms with Crippen LogP contribution < -0.4 is 5.32 Å². The van der Waals surface area contributed by atoms with E-state index < -0.39 is 6.04 Å². The van der Waals surface area contributed by atoms with Gasteiger partial charge in [-0.2, -0.15) is 0 Å². The smallest absolute Gasteiger partial charge is 0.329 e. The predicted molar refractivity (Wildman–Crippen MR) is 125 cm³/mol. The van der Waals surface area contributed by atoms with Crippen molar-refractivity contribution >= 4 is 11.7 Å². The Balaban J connectivity index is 1.78. The van der Waals surface area contributed by atoms with Crippen LogP contribution in [0.2, 0.25) is 0 Å². The molecule has 0 amide bonds. The molecule has 0 saturated heterocycles. The summed E-state index contributed by atoms with van der Waals surface area (Å²) in [5.41, 5.74) is 2.16. The van der Waals surface area contributed by atoms with Gasteiger partial charge in [0.25, 0.3) is 0 Å². The lowest BCUT2D eigenvalue weighted by Crippen LogP contribution is -2.45. The molecule has 1 aliphatic rings. The lowest BCUT2D eigenvalue weighted by atomic mass is 9.64. The fraction of sp³-hybridized carbons (Fsp3) is 0.444. The average Bonchev–Trinajstić information content (AvgIpc) is 2.74. The number of hydrogen-bond acceptors (Lipinski definition) is 3. The minimum absolute atomic E-state index is 0.0624. The van der Waals surface area contributed by atoms with Crippen LogP contribution >= 0.6 is 0 Å². The monoisotopic (exact) mass is 405 g/mol. The number of benzene rings is 2. The molecule has 4 atom stereocenters. The van der Waals surface area contributed by atoms with Crippen molar-refractivity contribution in [3.63, 3.8) is 0 Å². The summed E-state index contributed by atoms with van der Waals surface area (Å²) in [6.45, 7) is 10.7. The summed E-state index contributed by atoms with van der Waals surface area (Å²) in [7, 11) is 0. The van der Waals surface area contributed by atoms with E-state index in [0.717, 1.165) is 18.5 Å². The Morgan fingerprint density at radius 2 is 1.77 bits per heavy atom. The van der Waals surface area contributed by atoms with Crippen LogP contribution in [0.15, 0.2) is 73.3 Å². The van der Waals surface area contributed by atoms with Gasteiger partial charge in [-0.3, -0.25) is 0 Å². The van der Waals surface area contributed by atoms with Crippen LogP contribution in [0.3, 0.4) is 0 Å². The van der Waals surface area contributed by atoms with Crippen molar-refractivity contribution < 1.29 is 9.53 Å². The van der Waals surface area contributed by atoms with Gasteiger partial charge < -0.3 is 10.1 Å². The van der Waals surface area contributed by atoms with E-state index in [1.165, 1.54) is 12.0 Å². The third kappa shape index (κ3) is 5.33. The molecule has 0 bridgehead atoms. The van der Waals surface area contributed by atoms with Crippen LogP contribution in [0.1, 0.15) is 52.0 Å². The van der Waals surface area contributed by atoms with E-state index in [2.05, 4.69) is 63.0 Å². The molecule has 3 rings (SSSR count). The molecule has 30 heavy (non-hydrogen) atoms. The van der Waals surface area contributed by atoms with E-state index in [-0.39, 0.29) is 17.5 Å². The Morgan fingerprint density at radius 3 is 2.40 bits per heavy atom. The zero-order valence-electron chi connectivity index (χ0n) is 18.5. The second-order valence-electron chi connectivity index (χ2n) is 9.18. The molecule has 0 aromatic heterocycles. The summed E-state index contributed by atoms with van der Waals surface area (Å²) in [5.74, 6) is 0.665. The number of nitrogens with one attached hydrogen (secondary N) is 1. The maximum absolute atomic E-state index is 13.2. The predicted octanol–water partition coefficient (Wildman–Crippen LogP) is 6.37. The number of anilines is 1. The zero-order valence-corrected chi connectivity index (χ0v) is 18.5. The fourth-order valence-electron chi connectivity index (χ4n) is 4.71. The molecular weight excluding hydrogens is 370 g/mol. The highest BCUT2D eigenvalue weighted by atomic mass is 16.5.